The Hall–Kier alpha value is -4.91. The minimum Gasteiger partial charge on any atom is -0.457 e. The second kappa shape index (κ2) is 11.6. The summed E-state index contributed by atoms with van der Waals surface area (Å²) >= 11 is 0. The third-order valence-corrected chi connectivity index (χ3v) is 6.58. The van der Waals surface area contributed by atoms with Crippen LogP contribution in [-0.2, 0) is 32.3 Å². The zero-order valence-corrected chi connectivity index (χ0v) is 21.8. The molecule has 0 amide bonds. The average molecular weight is 520 g/mol. The summed E-state index contributed by atoms with van der Waals surface area (Å²) in [5.74, 6) is -1.17. The highest BCUT2D eigenvalue weighted by Gasteiger charge is 2.39. The van der Waals surface area contributed by atoms with Gasteiger partial charge in [0.1, 0.15) is 19.0 Å². The van der Waals surface area contributed by atoms with Crippen molar-refractivity contribution in [2.24, 2.45) is 0 Å². The molecule has 5 rings (SSSR count). The Kier molecular flexibility index (Phi) is 7.68. The summed E-state index contributed by atoms with van der Waals surface area (Å²) in [4.78, 5) is 35.0. The second-order valence-electron chi connectivity index (χ2n) is 9.31. The van der Waals surface area contributed by atoms with Crippen LogP contribution in [0, 0.1) is 0 Å². The SMILES string of the molecule is CC1=C(C(=O)OCc2ccccc2)C(c2cnc(-c3ccccc3)[nH]2)C(C(=O)OCc2ccccc2)=C(C)N1. The molecule has 1 aliphatic heterocycles. The normalized spacial score (nSPS) is 13.7. The number of nitrogens with one attached hydrogen (secondary N) is 2. The van der Waals surface area contributed by atoms with Gasteiger partial charge in [0.15, 0.2) is 0 Å². The molecule has 0 fully saturated rings. The van der Waals surface area contributed by atoms with E-state index in [2.05, 4.69) is 15.3 Å². The van der Waals surface area contributed by atoms with Gasteiger partial charge in [-0.2, -0.15) is 0 Å². The molecule has 0 aliphatic carbocycles. The molecule has 2 N–H and O–H groups in total. The summed E-state index contributed by atoms with van der Waals surface area (Å²) in [7, 11) is 0. The van der Waals surface area contributed by atoms with E-state index in [0.717, 1.165) is 16.7 Å². The summed E-state index contributed by atoms with van der Waals surface area (Å²) in [5, 5.41) is 3.20. The number of hydrogen-bond donors (Lipinski definition) is 2. The fourth-order valence-corrected chi connectivity index (χ4v) is 4.67. The lowest BCUT2D eigenvalue weighted by Crippen LogP contribution is -2.32. The van der Waals surface area contributed by atoms with Gasteiger partial charge in [0.2, 0.25) is 0 Å². The molecule has 0 spiro atoms. The molecule has 39 heavy (non-hydrogen) atoms. The number of nitrogens with zero attached hydrogens (tertiary/aromatic N) is 1. The highest BCUT2D eigenvalue weighted by Crippen LogP contribution is 2.39. The Morgan fingerprint density at radius 1 is 0.718 bits per heavy atom. The zero-order valence-electron chi connectivity index (χ0n) is 21.8. The topological polar surface area (TPSA) is 93.3 Å². The smallest absolute Gasteiger partial charge is 0.337 e. The first-order valence-corrected chi connectivity index (χ1v) is 12.7. The summed E-state index contributed by atoms with van der Waals surface area (Å²) in [5.41, 5.74) is 5.07. The molecule has 7 nitrogen and oxygen atoms in total. The van der Waals surface area contributed by atoms with Gasteiger partial charge in [-0.05, 0) is 25.0 Å². The molecule has 4 aromatic rings. The van der Waals surface area contributed by atoms with E-state index in [1.165, 1.54) is 0 Å². The van der Waals surface area contributed by atoms with Gasteiger partial charge in [-0.15, -0.1) is 0 Å². The molecule has 0 unspecified atom stereocenters. The Balaban J connectivity index is 1.49. The summed E-state index contributed by atoms with van der Waals surface area (Å²) in [6.07, 6.45) is 1.66. The van der Waals surface area contributed by atoms with Gasteiger partial charge in [-0.1, -0.05) is 91.0 Å². The van der Waals surface area contributed by atoms with Crippen molar-refractivity contribution in [2.75, 3.05) is 0 Å². The van der Waals surface area contributed by atoms with E-state index in [1.807, 2.05) is 91.0 Å². The van der Waals surface area contributed by atoms with E-state index in [4.69, 9.17) is 9.47 Å². The largest absolute Gasteiger partial charge is 0.457 e. The number of allylic oxidation sites excluding steroid dienone is 2. The first-order chi connectivity index (χ1) is 19.0. The van der Waals surface area contributed by atoms with Crippen LogP contribution in [0.25, 0.3) is 11.4 Å². The summed E-state index contributed by atoms with van der Waals surface area (Å²) in [6, 6.07) is 28.6. The zero-order chi connectivity index (χ0) is 27.2. The van der Waals surface area contributed by atoms with E-state index in [1.54, 1.807) is 20.0 Å². The first-order valence-electron chi connectivity index (χ1n) is 12.7. The molecular weight excluding hydrogens is 490 g/mol. The number of hydrogen-bond acceptors (Lipinski definition) is 6. The Bertz CT molecular complexity index is 1450. The molecule has 1 aromatic heterocycles. The maximum absolute atomic E-state index is 13.6. The van der Waals surface area contributed by atoms with Crippen molar-refractivity contribution in [2.45, 2.75) is 33.0 Å². The van der Waals surface area contributed by atoms with Gasteiger partial charge in [0, 0.05) is 28.8 Å². The lowest BCUT2D eigenvalue weighted by atomic mass is 9.83. The number of imidazole rings is 1. The van der Waals surface area contributed by atoms with E-state index >= 15 is 0 Å². The van der Waals surface area contributed by atoms with Gasteiger partial charge >= 0.3 is 11.9 Å². The number of carbonyl (C=O) groups excluding carboxylic acids is 2. The van der Waals surface area contributed by atoms with Crippen LogP contribution in [0.1, 0.15) is 36.6 Å². The van der Waals surface area contributed by atoms with Crippen LogP contribution < -0.4 is 5.32 Å². The van der Waals surface area contributed by atoms with Crippen LogP contribution in [0.15, 0.2) is 120 Å². The molecule has 196 valence electrons. The van der Waals surface area contributed by atoms with Crippen molar-refractivity contribution in [3.05, 3.63) is 137 Å². The molecule has 1 aliphatic rings. The standard InChI is InChI=1S/C32H29N3O4/c1-21-27(31(36)38-19-23-12-6-3-7-13-23)29(26-18-33-30(35-26)25-16-10-5-11-17-25)28(22(2)34-21)32(37)39-20-24-14-8-4-9-15-24/h3-18,29,34H,19-20H2,1-2H3,(H,33,35). The second-order valence-corrected chi connectivity index (χ2v) is 9.31. The number of ether oxygens (including phenoxy) is 2. The van der Waals surface area contributed by atoms with Crippen molar-refractivity contribution < 1.29 is 19.1 Å². The number of esters is 2. The monoisotopic (exact) mass is 519 g/mol. The van der Waals surface area contributed by atoms with Crippen molar-refractivity contribution in [1.82, 2.24) is 15.3 Å². The van der Waals surface area contributed by atoms with Crippen LogP contribution in [0.3, 0.4) is 0 Å². The fraction of sp³-hybridized carbons (Fsp3) is 0.156. The third-order valence-electron chi connectivity index (χ3n) is 6.58. The predicted molar refractivity (Wildman–Crippen MR) is 148 cm³/mol. The van der Waals surface area contributed by atoms with Crippen LogP contribution in [-0.4, -0.2) is 21.9 Å². The van der Waals surface area contributed by atoms with Crippen LogP contribution >= 0.6 is 0 Å². The third kappa shape index (κ3) is 5.83. The number of carbonyl (C=O) groups is 2. The van der Waals surface area contributed by atoms with Crippen LogP contribution in [0.2, 0.25) is 0 Å². The van der Waals surface area contributed by atoms with Crippen molar-refractivity contribution in [3.63, 3.8) is 0 Å². The molecule has 0 saturated carbocycles. The molecule has 0 bridgehead atoms. The Labute approximate surface area is 227 Å². The molecule has 3 aromatic carbocycles. The van der Waals surface area contributed by atoms with Gasteiger partial charge in [-0.3, -0.25) is 0 Å². The summed E-state index contributed by atoms with van der Waals surface area (Å²) in [6.45, 7) is 3.82. The van der Waals surface area contributed by atoms with E-state index in [9.17, 15) is 9.59 Å². The number of rotatable bonds is 8. The van der Waals surface area contributed by atoms with Crippen molar-refractivity contribution in [3.8, 4) is 11.4 Å². The van der Waals surface area contributed by atoms with E-state index in [0.29, 0.717) is 34.1 Å². The molecule has 2 heterocycles. The highest BCUT2D eigenvalue weighted by molar-refractivity contribution is 5.99. The number of benzene rings is 3. The van der Waals surface area contributed by atoms with Gasteiger partial charge < -0.3 is 19.8 Å². The number of dihydropyridines is 1. The lowest BCUT2D eigenvalue weighted by Gasteiger charge is -2.29. The molecular formula is C32H29N3O4. The lowest BCUT2D eigenvalue weighted by molar-refractivity contribution is -0.141. The minimum atomic E-state index is -0.761. The Morgan fingerprint density at radius 3 is 1.67 bits per heavy atom. The van der Waals surface area contributed by atoms with Crippen LogP contribution in [0.4, 0.5) is 0 Å². The molecule has 0 atom stereocenters. The number of aromatic nitrogens is 2. The molecule has 7 heteroatoms. The minimum absolute atomic E-state index is 0.109. The predicted octanol–water partition coefficient (Wildman–Crippen LogP) is 5.80. The van der Waals surface area contributed by atoms with Crippen LogP contribution in [0.5, 0.6) is 0 Å². The maximum atomic E-state index is 13.6. The van der Waals surface area contributed by atoms with E-state index < -0.39 is 17.9 Å². The van der Waals surface area contributed by atoms with Crippen molar-refractivity contribution >= 4 is 11.9 Å². The van der Waals surface area contributed by atoms with Gasteiger partial charge in [0.25, 0.3) is 0 Å². The molecule has 0 radical (unpaired) electrons. The maximum Gasteiger partial charge on any atom is 0.337 e. The summed E-state index contributed by atoms with van der Waals surface area (Å²) < 4.78 is 11.5. The number of aromatic amines is 1. The van der Waals surface area contributed by atoms with Crippen molar-refractivity contribution in [1.29, 1.82) is 0 Å². The number of H-pyrrole nitrogens is 1. The van der Waals surface area contributed by atoms with Gasteiger partial charge in [-0.25, -0.2) is 14.6 Å². The Morgan fingerprint density at radius 2 is 1.18 bits per heavy atom. The quantitative estimate of drug-likeness (QED) is 0.286. The van der Waals surface area contributed by atoms with Gasteiger partial charge in [0.05, 0.1) is 17.1 Å². The molecule has 0 saturated heterocycles. The fourth-order valence-electron chi connectivity index (χ4n) is 4.67. The average Bonchev–Trinajstić information content (AvgIpc) is 3.46. The highest BCUT2D eigenvalue weighted by atomic mass is 16.5. The van der Waals surface area contributed by atoms with E-state index in [-0.39, 0.29) is 13.2 Å². The first kappa shape index (κ1) is 25.7.